The van der Waals surface area contributed by atoms with Gasteiger partial charge in [0.1, 0.15) is 5.75 Å². The first kappa shape index (κ1) is 17.8. The highest BCUT2D eigenvalue weighted by Crippen LogP contribution is 2.41. The lowest BCUT2D eigenvalue weighted by Gasteiger charge is -2.47. The van der Waals surface area contributed by atoms with Gasteiger partial charge in [-0.05, 0) is 48.4 Å². The molecule has 5 heteroatoms. The van der Waals surface area contributed by atoms with Gasteiger partial charge < -0.3 is 14.9 Å². The lowest BCUT2D eigenvalue weighted by Crippen LogP contribution is -2.52. The summed E-state index contributed by atoms with van der Waals surface area (Å²) in [6, 6.07) is 11.1. The summed E-state index contributed by atoms with van der Waals surface area (Å²) in [7, 11) is 0. The van der Waals surface area contributed by atoms with E-state index in [1.165, 1.54) is 0 Å². The van der Waals surface area contributed by atoms with E-state index in [2.05, 4.69) is 0 Å². The van der Waals surface area contributed by atoms with Crippen LogP contribution in [0.1, 0.15) is 43.0 Å². The zero-order chi connectivity index (χ0) is 19.0. The Morgan fingerprint density at radius 3 is 2.59 bits per heavy atom. The van der Waals surface area contributed by atoms with E-state index in [0.717, 1.165) is 43.1 Å². The van der Waals surface area contributed by atoms with Crippen molar-refractivity contribution in [3.63, 3.8) is 0 Å². The molecule has 0 bridgehead atoms. The van der Waals surface area contributed by atoms with Crippen molar-refractivity contribution < 1.29 is 14.7 Å². The number of rotatable bonds is 2. The second-order valence-electron chi connectivity index (χ2n) is 7.88. The predicted molar refractivity (Wildman–Crippen MR) is 105 cm³/mol. The molecule has 2 aromatic carbocycles. The maximum atomic E-state index is 13.2. The smallest absolute Gasteiger partial charge is 0.258 e. The predicted octanol–water partition coefficient (Wildman–Crippen LogP) is 3.41. The second-order valence-corrected chi connectivity index (χ2v) is 7.88. The number of phenols is 1. The molecule has 0 saturated carbocycles. The number of likely N-dealkylation sites (tertiary alicyclic amines) is 2. The monoisotopic (exact) mass is 366 g/mol. The number of amides is 2. The van der Waals surface area contributed by atoms with Crippen molar-refractivity contribution in [2.75, 3.05) is 26.2 Å². The summed E-state index contributed by atoms with van der Waals surface area (Å²) in [5.41, 5.74) is 0.541. The number of piperidine rings is 2. The topological polar surface area (TPSA) is 60.9 Å². The first-order chi connectivity index (χ1) is 13.0. The van der Waals surface area contributed by atoms with Gasteiger partial charge in [-0.25, -0.2) is 0 Å². The molecule has 1 N–H and O–H groups in total. The summed E-state index contributed by atoms with van der Waals surface area (Å²) in [4.78, 5) is 29.0. The molecule has 2 aromatic rings. The van der Waals surface area contributed by atoms with Gasteiger partial charge in [-0.15, -0.1) is 0 Å². The number of aromatic hydroxyl groups is 1. The molecule has 1 spiro atoms. The first-order valence-corrected chi connectivity index (χ1v) is 9.81. The van der Waals surface area contributed by atoms with Crippen LogP contribution in [-0.4, -0.2) is 52.9 Å². The molecule has 2 fully saturated rings. The number of fused-ring (bicyclic) bond motifs is 1. The highest BCUT2D eigenvalue weighted by atomic mass is 16.3. The Bertz CT molecular complexity index is 884. The molecular formula is C22H26N2O3. The summed E-state index contributed by atoms with van der Waals surface area (Å²) >= 11 is 0. The average Bonchev–Trinajstić information content (AvgIpc) is 2.70. The van der Waals surface area contributed by atoms with Crippen LogP contribution in [0, 0.1) is 5.41 Å². The Labute approximate surface area is 159 Å². The number of nitrogens with zero attached hydrogens (tertiary/aromatic N) is 2. The number of hydrogen-bond donors (Lipinski definition) is 1. The van der Waals surface area contributed by atoms with Crippen LogP contribution in [0.15, 0.2) is 36.4 Å². The van der Waals surface area contributed by atoms with Gasteiger partial charge >= 0.3 is 0 Å². The van der Waals surface area contributed by atoms with Crippen molar-refractivity contribution in [3.05, 3.63) is 42.0 Å². The highest BCUT2D eigenvalue weighted by molar-refractivity contribution is 6.09. The van der Waals surface area contributed by atoms with Gasteiger partial charge in [-0.3, -0.25) is 9.59 Å². The van der Waals surface area contributed by atoms with Crippen molar-refractivity contribution in [1.82, 2.24) is 9.80 Å². The van der Waals surface area contributed by atoms with Crippen molar-refractivity contribution >= 4 is 22.6 Å². The molecule has 5 nitrogen and oxygen atoms in total. The van der Waals surface area contributed by atoms with Gasteiger partial charge in [0.05, 0.1) is 5.56 Å². The lowest BCUT2D eigenvalue weighted by molar-refractivity contribution is -0.138. The van der Waals surface area contributed by atoms with Gasteiger partial charge in [0, 0.05) is 32.6 Å². The van der Waals surface area contributed by atoms with Gasteiger partial charge in [-0.2, -0.15) is 0 Å². The third-order valence-electron chi connectivity index (χ3n) is 6.36. The third kappa shape index (κ3) is 3.15. The molecule has 27 heavy (non-hydrogen) atoms. The number of hydrogen-bond acceptors (Lipinski definition) is 3. The standard InChI is InChI=1S/C22H26N2O3/c1-2-23-15-22(10-9-19(23)26)11-13-24(14-12-22)21(27)20-17-6-4-3-5-16(17)7-8-18(20)25/h3-8,25H,2,9-15H2,1H3. The zero-order valence-electron chi connectivity index (χ0n) is 15.8. The quantitative estimate of drug-likeness (QED) is 0.886. The van der Waals surface area contributed by atoms with Crippen LogP contribution in [0.25, 0.3) is 10.8 Å². The summed E-state index contributed by atoms with van der Waals surface area (Å²) < 4.78 is 0. The number of benzene rings is 2. The Kier molecular flexibility index (Phi) is 4.54. The van der Waals surface area contributed by atoms with Crippen molar-refractivity contribution in [2.45, 2.75) is 32.6 Å². The van der Waals surface area contributed by atoms with Gasteiger partial charge in [0.2, 0.25) is 5.91 Å². The minimum Gasteiger partial charge on any atom is -0.507 e. The maximum Gasteiger partial charge on any atom is 0.258 e. The molecule has 2 aliphatic rings. The second kappa shape index (κ2) is 6.87. The van der Waals surface area contributed by atoms with Gasteiger partial charge in [0.25, 0.3) is 5.91 Å². The molecule has 0 atom stereocenters. The SMILES string of the molecule is CCN1CC2(CCC1=O)CCN(C(=O)c1c(O)ccc3ccccc13)CC2. The highest BCUT2D eigenvalue weighted by Gasteiger charge is 2.41. The molecule has 0 aliphatic carbocycles. The van der Waals surface area contributed by atoms with Crippen LogP contribution in [0.3, 0.4) is 0 Å². The van der Waals surface area contributed by atoms with E-state index in [-0.39, 0.29) is 23.0 Å². The van der Waals surface area contributed by atoms with E-state index in [1.807, 2.05) is 47.1 Å². The van der Waals surface area contributed by atoms with Crippen LogP contribution in [0.4, 0.5) is 0 Å². The average molecular weight is 366 g/mol. The fourth-order valence-electron chi connectivity index (χ4n) is 4.63. The van der Waals surface area contributed by atoms with E-state index < -0.39 is 0 Å². The molecule has 142 valence electrons. The first-order valence-electron chi connectivity index (χ1n) is 9.81. The van der Waals surface area contributed by atoms with Crippen LogP contribution in [-0.2, 0) is 4.79 Å². The molecule has 0 aromatic heterocycles. The van der Waals surface area contributed by atoms with Crippen LogP contribution in [0.2, 0.25) is 0 Å². The van der Waals surface area contributed by atoms with Crippen molar-refractivity contribution in [3.8, 4) is 5.75 Å². The molecule has 0 unspecified atom stereocenters. The van der Waals surface area contributed by atoms with Crippen LogP contribution < -0.4 is 0 Å². The number of phenolic OH excluding ortho intramolecular Hbond substituents is 1. The van der Waals surface area contributed by atoms with E-state index in [4.69, 9.17) is 0 Å². The van der Waals surface area contributed by atoms with Gasteiger partial charge in [-0.1, -0.05) is 30.3 Å². The minimum atomic E-state index is -0.0987. The summed E-state index contributed by atoms with van der Waals surface area (Å²) in [5.74, 6) is 0.195. The van der Waals surface area contributed by atoms with E-state index in [1.54, 1.807) is 6.07 Å². The minimum absolute atomic E-state index is 0.0411. The fourth-order valence-corrected chi connectivity index (χ4v) is 4.63. The van der Waals surface area contributed by atoms with Crippen molar-refractivity contribution in [2.24, 2.45) is 5.41 Å². The van der Waals surface area contributed by atoms with Crippen LogP contribution in [0.5, 0.6) is 5.75 Å². The largest absolute Gasteiger partial charge is 0.507 e. The fraction of sp³-hybridized carbons (Fsp3) is 0.455. The lowest BCUT2D eigenvalue weighted by atomic mass is 9.72. The zero-order valence-corrected chi connectivity index (χ0v) is 15.8. The number of carbonyl (C=O) groups is 2. The summed E-state index contributed by atoms with van der Waals surface area (Å²) in [6.07, 6.45) is 3.36. The summed E-state index contributed by atoms with van der Waals surface area (Å²) in [6.45, 7) is 4.94. The molecule has 2 saturated heterocycles. The third-order valence-corrected chi connectivity index (χ3v) is 6.36. The van der Waals surface area contributed by atoms with Crippen LogP contribution >= 0.6 is 0 Å². The molecule has 2 heterocycles. The Hall–Kier alpha value is -2.56. The molecule has 4 rings (SSSR count). The molecule has 2 amide bonds. The molecule has 0 radical (unpaired) electrons. The Morgan fingerprint density at radius 1 is 1.11 bits per heavy atom. The van der Waals surface area contributed by atoms with Gasteiger partial charge in [0.15, 0.2) is 0 Å². The Morgan fingerprint density at radius 2 is 1.85 bits per heavy atom. The van der Waals surface area contributed by atoms with E-state index >= 15 is 0 Å². The number of carbonyl (C=O) groups excluding carboxylic acids is 2. The summed E-state index contributed by atoms with van der Waals surface area (Å²) in [5, 5.41) is 12.1. The Balaban J connectivity index is 1.53. The maximum absolute atomic E-state index is 13.2. The van der Waals surface area contributed by atoms with E-state index in [9.17, 15) is 14.7 Å². The van der Waals surface area contributed by atoms with E-state index in [0.29, 0.717) is 25.1 Å². The molecule has 2 aliphatic heterocycles. The molecular weight excluding hydrogens is 340 g/mol. The van der Waals surface area contributed by atoms with Crippen molar-refractivity contribution in [1.29, 1.82) is 0 Å². The normalized spacial score (nSPS) is 19.7.